The number of amides is 4. The zero-order valence-electron chi connectivity index (χ0n) is 17.7. The Bertz CT molecular complexity index is 786. The lowest BCUT2D eigenvalue weighted by Gasteiger charge is -2.35. The summed E-state index contributed by atoms with van der Waals surface area (Å²) < 4.78 is 5.71. The highest BCUT2D eigenvalue weighted by Gasteiger charge is 2.55. The van der Waals surface area contributed by atoms with Gasteiger partial charge in [-0.3, -0.25) is 14.5 Å². The molecular formula is C22H31N3O4. The van der Waals surface area contributed by atoms with Gasteiger partial charge in [0.15, 0.2) is 0 Å². The van der Waals surface area contributed by atoms with Gasteiger partial charge in [0.05, 0.1) is 12.1 Å². The van der Waals surface area contributed by atoms with E-state index in [2.05, 4.69) is 5.32 Å². The molecule has 29 heavy (non-hydrogen) atoms. The van der Waals surface area contributed by atoms with Gasteiger partial charge in [-0.05, 0) is 51.3 Å². The lowest BCUT2D eigenvalue weighted by Crippen LogP contribution is -2.49. The molecule has 0 aromatic heterocycles. The molecule has 2 aliphatic rings. The maximum atomic E-state index is 13.0. The number of hydrogen-bond donors (Lipinski definition) is 1. The summed E-state index contributed by atoms with van der Waals surface area (Å²) in [7, 11) is 1.67. The standard InChI is InChI=1S/C22H31N3O4/c1-15(2)29-18-10-8-9-17(13-18)16(3)23-19(26)14-25-20(27)22(24(4)21(25)28)11-6-5-7-12-22/h8-10,13,15-16H,5-7,11-12,14H2,1-4H3,(H,23,26). The third kappa shape index (κ3) is 4.23. The lowest BCUT2D eigenvalue weighted by atomic mass is 9.81. The molecule has 158 valence electrons. The van der Waals surface area contributed by atoms with E-state index < -0.39 is 5.54 Å². The summed E-state index contributed by atoms with van der Waals surface area (Å²) in [5.41, 5.74) is 0.139. The number of likely N-dealkylation sites (N-methyl/N-ethyl adjacent to an activating group) is 1. The SMILES string of the molecule is CC(C)Oc1cccc(C(C)NC(=O)CN2C(=O)N(C)C3(CCCCC3)C2=O)c1. The molecule has 1 saturated heterocycles. The second-order valence-electron chi connectivity index (χ2n) is 8.35. The van der Waals surface area contributed by atoms with Crippen molar-refractivity contribution >= 4 is 17.8 Å². The van der Waals surface area contributed by atoms with Crippen LogP contribution in [0.15, 0.2) is 24.3 Å². The van der Waals surface area contributed by atoms with Gasteiger partial charge in [0, 0.05) is 7.05 Å². The highest BCUT2D eigenvalue weighted by Crippen LogP contribution is 2.39. The first-order chi connectivity index (χ1) is 13.7. The van der Waals surface area contributed by atoms with Crippen LogP contribution in [-0.4, -0.2) is 52.9 Å². The van der Waals surface area contributed by atoms with Crippen molar-refractivity contribution in [2.45, 2.75) is 70.6 Å². The fraction of sp³-hybridized carbons (Fsp3) is 0.591. The van der Waals surface area contributed by atoms with Gasteiger partial charge in [0.1, 0.15) is 17.8 Å². The number of nitrogens with zero attached hydrogens (tertiary/aromatic N) is 2. The van der Waals surface area contributed by atoms with Crippen molar-refractivity contribution in [3.63, 3.8) is 0 Å². The number of carbonyl (C=O) groups is 3. The van der Waals surface area contributed by atoms with Crippen molar-refractivity contribution in [1.82, 2.24) is 15.1 Å². The third-order valence-corrected chi connectivity index (χ3v) is 5.89. The molecule has 1 aromatic rings. The molecular weight excluding hydrogens is 370 g/mol. The molecule has 1 atom stereocenters. The summed E-state index contributed by atoms with van der Waals surface area (Å²) in [4.78, 5) is 40.9. The van der Waals surface area contributed by atoms with Crippen molar-refractivity contribution < 1.29 is 19.1 Å². The monoisotopic (exact) mass is 401 g/mol. The Morgan fingerprint density at radius 3 is 2.52 bits per heavy atom. The molecule has 1 aromatic carbocycles. The molecule has 2 fully saturated rings. The van der Waals surface area contributed by atoms with Gasteiger partial charge in [-0.2, -0.15) is 0 Å². The summed E-state index contributed by atoms with van der Waals surface area (Å²) in [6.45, 7) is 5.53. The molecule has 0 radical (unpaired) electrons. The van der Waals surface area contributed by atoms with Crippen LogP contribution < -0.4 is 10.1 Å². The van der Waals surface area contributed by atoms with E-state index in [0.29, 0.717) is 12.8 Å². The van der Waals surface area contributed by atoms with Crippen molar-refractivity contribution in [2.75, 3.05) is 13.6 Å². The molecule has 1 N–H and O–H groups in total. The predicted octanol–water partition coefficient (Wildman–Crippen LogP) is 3.25. The maximum absolute atomic E-state index is 13.0. The molecule has 3 rings (SSSR count). The summed E-state index contributed by atoms with van der Waals surface area (Å²) in [5.74, 6) is 0.153. The van der Waals surface area contributed by atoms with E-state index in [4.69, 9.17) is 4.74 Å². The Labute approximate surface area is 172 Å². The average molecular weight is 402 g/mol. The van der Waals surface area contributed by atoms with Gasteiger partial charge >= 0.3 is 6.03 Å². The van der Waals surface area contributed by atoms with Gasteiger partial charge in [-0.1, -0.05) is 31.4 Å². The Morgan fingerprint density at radius 2 is 1.86 bits per heavy atom. The predicted molar refractivity (Wildman–Crippen MR) is 109 cm³/mol. The second-order valence-corrected chi connectivity index (χ2v) is 8.35. The number of imide groups is 1. The highest BCUT2D eigenvalue weighted by atomic mass is 16.5. The van der Waals surface area contributed by atoms with E-state index in [1.54, 1.807) is 7.05 Å². The average Bonchev–Trinajstić information content (AvgIpc) is 2.84. The van der Waals surface area contributed by atoms with Crippen molar-refractivity contribution in [2.24, 2.45) is 0 Å². The van der Waals surface area contributed by atoms with Crippen LogP contribution in [0.5, 0.6) is 5.75 Å². The van der Waals surface area contributed by atoms with Crippen LogP contribution in [0.4, 0.5) is 4.79 Å². The highest BCUT2D eigenvalue weighted by molar-refractivity contribution is 6.08. The number of rotatable bonds is 6. The van der Waals surface area contributed by atoms with Crippen LogP contribution >= 0.6 is 0 Å². The fourth-order valence-electron chi connectivity index (χ4n) is 4.31. The van der Waals surface area contributed by atoms with Crippen molar-refractivity contribution in [1.29, 1.82) is 0 Å². The van der Waals surface area contributed by atoms with Gasteiger partial charge in [-0.25, -0.2) is 4.79 Å². The first-order valence-electron chi connectivity index (χ1n) is 10.4. The molecule has 1 unspecified atom stereocenters. The molecule has 1 aliphatic carbocycles. The molecule has 4 amide bonds. The molecule has 1 aliphatic heterocycles. The van der Waals surface area contributed by atoms with Gasteiger partial charge in [-0.15, -0.1) is 0 Å². The molecule has 7 nitrogen and oxygen atoms in total. The molecule has 0 bridgehead atoms. The minimum Gasteiger partial charge on any atom is -0.491 e. The smallest absolute Gasteiger partial charge is 0.327 e. The fourth-order valence-corrected chi connectivity index (χ4v) is 4.31. The number of benzene rings is 1. The second kappa shape index (κ2) is 8.43. The van der Waals surface area contributed by atoms with Gasteiger partial charge < -0.3 is 15.0 Å². The van der Waals surface area contributed by atoms with E-state index in [1.807, 2.05) is 45.0 Å². The lowest BCUT2D eigenvalue weighted by molar-refractivity contribution is -0.137. The number of carbonyl (C=O) groups excluding carboxylic acids is 3. The Hall–Kier alpha value is -2.57. The normalized spacial score (nSPS) is 19.8. The van der Waals surface area contributed by atoms with Crippen molar-refractivity contribution in [3.05, 3.63) is 29.8 Å². The zero-order chi connectivity index (χ0) is 21.2. The molecule has 7 heteroatoms. The topological polar surface area (TPSA) is 79.0 Å². The molecule has 1 heterocycles. The Morgan fingerprint density at radius 1 is 1.17 bits per heavy atom. The van der Waals surface area contributed by atoms with Crippen LogP contribution in [0.25, 0.3) is 0 Å². The van der Waals surface area contributed by atoms with Crippen LogP contribution in [0.1, 0.15) is 64.5 Å². The van der Waals surface area contributed by atoms with E-state index in [9.17, 15) is 14.4 Å². The Balaban J connectivity index is 1.64. The van der Waals surface area contributed by atoms with E-state index >= 15 is 0 Å². The third-order valence-electron chi connectivity index (χ3n) is 5.89. The summed E-state index contributed by atoms with van der Waals surface area (Å²) in [6, 6.07) is 6.90. The summed E-state index contributed by atoms with van der Waals surface area (Å²) in [6.07, 6.45) is 4.33. The molecule has 1 saturated carbocycles. The minimum absolute atomic E-state index is 0.0615. The van der Waals surface area contributed by atoms with Crippen LogP contribution in [-0.2, 0) is 9.59 Å². The first-order valence-corrected chi connectivity index (χ1v) is 10.4. The van der Waals surface area contributed by atoms with E-state index in [1.165, 1.54) is 4.90 Å². The van der Waals surface area contributed by atoms with Crippen LogP contribution in [0.3, 0.4) is 0 Å². The number of ether oxygens (including phenoxy) is 1. The Kier molecular flexibility index (Phi) is 6.15. The van der Waals surface area contributed by atoms with Crippen molar-refractivity contribution in [3.8, 4) is 5.75 Å². The largest absolute Gasteiger partial charge is 0.491 e. The number of hydrogen-bond acceptors (Lipinski definition) is 4. The van der Waals surface area contributed by atoms with Crippen LogP contribution in [0.2, 0.25) is 0 Å². The molecule has 1 spiro atoms. The van der Waals surface area contributed by atoms with Crippen LogP contribution in [0, 0.1) is 0 Å². The number of urea groups is 1. The minimum atomic E-state index is -0.760. The van der Waals surface area contributed by atoms with Gasteiger partial charge in [0.2, 0.25) is 5.91 Å². The van der Waals surface area contributed by atoms with E-state index in [0.717, 1.165) is 35.5 Å². The van der Waals surface area contributed by atoms with Gasteiger partial charge in [0.25, 0.3) is 5.91 Å². The summed E-state index contributed by atoms with van der Waals surface area (Å²) in [5, 5.41) is 2.89. The zero-order valence-corrected chi connectivity index (χ0v) is 17.7. The summed E-state index contributed by atoms with van der Waals surface area (Å²) >= 11 is 0. The maximum Gasteiger partial charge on any atom is 0.327 e. The quantitative estimate of drug-likeness (QED) is 0.742. The number of nitrogens with one attached hydrogen (secondary N) is 1. The van der Waals surface area contributed by atoms with E-state index in [-0.39, 0.29) is 36.5 Å². The first kappa shape index (κ1) is 21.1.